The van der Waals surface area contributed by atoms with Crippen LogP contribution in [0.1, 0.15) is 59.3 Å². The predicted octanol–water partition coefficient (Wildman–Crippen LogP) is 2.21. The van der Waals surface area contributed by atoms with E-state index in [2.05, 4.69) is 0 Å². The van der Waals surface area contributed by atoms with Gasteiger partial charge in [0.2, 0.25) is 0 Å². The van der Waals surface area contributed by atoms with Gasteiger partial charge in [0.1, 0.15) is 5.76 Å². The van der Waals surface area contributed by atoms with Gasteiger partial charge in [0.25, 0.3) is 5.91 Å². The summed E-state index contributed by atoms with van der Waals surface area (Å²) in [7, 11) is 0. The van der Waals surface area contributed by atoms with E-state index < -0.39 is 0 Å². The zero-order valence-electron chi connectivity index (χ0n) is 13.3. The molecule has 1 saturated heterocycles. The fraction of sp³-hybridized carbons (Fsp3) is 0.588. The van der Waals surface area contributed by atoms with Gasteiger partial charge in [-0.15, -0.1) is 0 Å². The molecular formula is C17H21NO5. The maximum absolute atomic E-state index is 12.5. The van der Waals surface area contributed by atoms with Crippen LogP contribution < -0.4 is 0 Å². The first-order chi connectivity index (χ1) is 11.1. The van der Waals surface area contributed by atoms with Crippen LogP contribution in [0.2, 0.25) is 0 Å². The molecule has 124 valence electrons. The van der Waals surface area contributed by atoms with Gasteiger partial charge in [-0.05, 0) is 26.2 Å². The third-order valence-electron chi connectivity index (χ3n) is 4.53. The Bertz CT molecular complexity index is 625. The minimum absolute atomic E-state index is 0.0510. The van der Waals surface area contributed by atoms with Crippen molar-refractivity contribution < 1.29 is 23.5 Å². The van der Waals surface area contributed by atoms with Gasteiger partial charge < -0.3 is 14.1 Å². The second-order valence-electron chi connectivity index (χ2n) is 6.04. The van der Waals surface area contributed by atoms with Crippen LogP contribution in [-0.4, -0.2) is 42.3 Å². The smallest absolute Gasteiger partial charge is 0.309 e. The monoisotopic (exact) mass is 319 g/mol. The van der Waals surface area contributed by atoms with E-state index >= 15 is 0 Å². The highest BCUT2D eigenvalue weighted by Crippen LogP contribution is 2.27. The Balaban J connectivity index is 1.64. The number of likely N-dealkylation sites (tertiary alicyclic amines) is 1. The first-order valence-corrected chi connectivity index (χ1v) is 8.22. The number of aryl methyl sites for hydroxylation is 1. The number of furan rings is 1. The largest absolute Gasteiger partial charge is 0.466 e. The van der Waals surface area contributed by atoms with Crippen molar-refractivity contribution >= 4 is 17.7 Å². The number of fused-ring (bicyclic) bond motifs is 1. The fourth-order valence-electron chi connectivity index (χ4n) is 3.23. The molecule has 0 radical (unpaired) electrons. The summed E-state index contributed by atoms with van der Waals surface area (Å²) < 4.78 is 10.6. The Morgan fingerprint density at radius 1 is 1.30 bits per heavy atom. The Kier molecular flexibility index (Phi) is 4.50. The van der Waals surface area contributed by atoms with Crippen LogP contribution in [0.15, 0.2) is 10.5 Å². The van der Waals surface area contributed by atoms with E-state index in [9.17, 15) is 14.4 Å². The molecule has 23 heavy (non-hydrogen) atoms. The van der Waals surface area contributed by atoms with Crippen molar-refractivity contribution in [1.82, 2.24) is 4.90 Å². The molecule has 0 N–H and O–H groups in total. The normalized spacial score (nSPS) is 18.7. The summed E-state index contributed by atoms with van der Waals surface area (Å²) in [4.78, 5) is 37.8. The number of esters is 1. The van der Waals surface area contributed by atoms with Crippen molar-refractivity contribution in [3.8, 4) is 0 Å². The number of amides is 1. The number of ether oxygens (including phenoxy) is 1. The number of carbonyl (C=O) groups is 3. The van der Waals surface area contributed by atoms with Crippen LogP contribution in [0.25, 0.3) is 0 Å². The van der Waals surface area contributed by atoms with Gasteiger partial charge in [-0.2, -0.15) is 0 Å². The van der Waals surface area contributed by atoms with E-state index in [1.807, 2.05) is 0 Å². The lowest BCUT2D eigenvalue weighted by atomic mass is 9.96. The van der Waals surface area contributed by atoms with Gasteiger partial charge in [-0.1, -0.05) is 0 Å². The van der Waals surface area contributed by atoms with Crippen molar-refractivity contribution in [2.75, 3.05) is 19.7 Å². The molecule has 1 amide bonds. The third kappa shape index (κ3) is 3.16. The van der Waals surface area contributed by atoms with Crippen molar-refractivity contribution in [1.29, 1.82) is 0 Å². The molecule has 0 bridgehead atoms. The van der Waals surface area contributed by atoms with Crippen LogP contribution in [0.4, 0.5) is 0 Å². The van der Waals surface area contributed by atoms with Gasteiger partial charge in [-0.25, -0.2) is 0 Å². The number of hydrogen-bond acceptors (Lipinski definition) is 5. The first kappa shape index (κ1) is 15.8. The number of carbonyl (C=O) groups excluding carboxylic acids is 3. The van der Waals surface area contributed by atoms with Gasteiger partial charge in [0.05, 0.1) is 18.1 Å². The number of piperidine rings is 1. The van der Waals surface area contributed by atoms with E-state index in [0.717, 1.165) is 6.42 Å². The quantitative estimate of drug-likeness (QED) is 0.798. The number of hydrogen-bond donors (Lipinski definition) is 0. The topological polar surface area (TPSA) is 76.8 Å². The molecule has 0 spiro atoms. The van der Waals surface area contributed by atoms with Gasteiger partial charge in [0.15, 0.2) is 11.5 Å². The standard InChI is InChI=1S/C17H21NO5/c1-2-22-17(21)11-6-8-18(9-7-11)16(20)15-10-12-13(19)4-3-5-14(12)23-15/h10-11H,2-9H2,1H3. The van der Waals surface area contributed by atoms with Gasteiger partial charge in [-0.3, -0.25) is 14.4 Å². The van der Waals surface area contributed by atoms with Crippen molar-refractivity contribution in [3.05, 3.63) is 23.2 Å². The van der Waals surface area contributed by atoms with E-state index in [1.165, 1.54) is 0 Å². The highest BCUT2D eigenvalue weighted by atomic mass is 16.5. The molecule has 1 fully saturated rings. The van der Waals surface area contributed by atoms with E-state index in [-0.39, 0.29) is 29.3 Å². The summed E-state index contributed by atoms with van der Waals surface area (Å²) in [6, 6.07) is 1.58. The van der Waals surface area contributed by atoms with E-state index in [0.29, 0.717) is 56.7 Å². The fourth-order valence-corrected chi connectivity index (χ4v) is 3.23. The van der Waals surface area contributed by atoms with E-state index in [1.54, 1.807) is 17.9 Å². The number of ketones is 1. The van der Waals surface area contributed by atoms with Gasteiger partial charge in [0, 0.05) is 32.0 Å². The minimum Gasteiger partial charge on any atom is -0.466 e. The lowest BCUT2D eigenvalue weighted by Gasteiger charge is -2.30. The Morgan fingerprint density at radius 2 is 2.04 bits per heavy atom. The molecule has 0 atom stereocenters. The van der Waals surface area contributed by atoms with E-state index in [4.69, 9.17) is 9.15 Å². The highest BCUT2D eigenvalue weighted by molar-refractivity contribution is 6.01. The summed E-state index contributed by atoms with van der Waals surface area (Å²) in [6.07, 6.45) is 3.20. The zero-order valence-corrected chi connectivity index (χ0v) is 13.3. The Morgan fingerprint density at radius 3 is 2.70 bits per heavy atom. The third-order valence-corrected chi connectivity index (χ3v) is 4.53. The summed E-state index contributed by atoms with van der Waals surface area (Å²) in [5.41, 5.74) is 0.556. The summed E-state index contributed by atoms with van der Waals surface area (Å²) in [5, 5.41) is 0. The molecule has 0 aromatic carbocycles. The summed E-state index contributed by atoms with van der Waals surface area (Å²) in [5.74, 6) is 0.402. The van der Waals surface area contributed by atoms with Crippen LogP contribution in [0.5, 0.6) is 0 Å². The number of Topliss-reactive ketones (excluding diaryl/α,β-unsaturated/α-hetero) is 1. The molecule has 0 unspecified atom stereocenters. The van der Waals surface area contributed by atoms with Crippen LogP contribution in [-0.2, 0) is 16.0 Å². The lowest BCUT2D eigenvalue weighted by Crippen LogP contribution is -2.40. The average Bonchev–Trinajstić information content (AvgIpc) is 3.00. The van der Waals surface area contributed by atoms with Crippen LogP contribution >= 0.6 is 0 Å². The molecule has 0 saturated carbocycles. The maximum Gasteiger partial charge on any atom is 0.309 e. The molecule has 3 rings (SSSR count). The Hall–Kier alpha value is -2.11. The average molecular weight is 319 g/mol. The predicted molar refractivity (Wildman–Crippen MR) is 81.2 cm³/mol. The first-order valence-electron chi connectivity index (χ1n) is 8.22. The van der Waals surface area contributed by atoms with Crippen molar-refractivity contribution in [2.45, 2.75) is 39.0 Å². The van der Waals surface area contributed by atoms with Crippen LogP contribution in [0, 0.1) is 5.92 Å². The Labute approximate surface area is 134 Å². The highest BCUT2D eigenvalue weighted by Gasteiger charge is 2.31. The molecule has 2 heterocycles. The summed E-state index contributed by atoms with van der Waals surface area (Å²) >= 11 is 0. The second kappa shape index (κ2) is 6.56. The second-order valence-corrected chi connectivity index (χ2v) is 6.04. The van der Waals surface area contributed by atoms with Crippen molar-refractivity contribution in [3.63, 3.8) is 0 Å². The molecule has 6 heteroatoms. The number of nitrogens with zero attached hydrogens (tertiary/aromatic N) is 1. The zero-order chi connectivity index (χ0) is 16.4. The molecule has 1 aliphatic carbocycles. The number of rotatable bonds is 3. The maximum atomic E-state index is 12.5. The molecule has 6 nitrogen and oxygen atoms in total. The molecule has 1 aromatic heterocycles. The molecule has 2 aliphatic rings. The lowest BCUT2D eigenvalue weighted by molar-refractivity contribution is -0.149. The molecule has 1 aliphatic heterocycles. The molecular weight excluding hydrogens is 298 g/mol. The van der Waals surface area contributed by atoms with Gasteiger partial charge >= 0.3 is 5.97 Å². The molecule has 1 aromatic rings. The SMILES string of the molecule is CCOC(=O)C1CCN(C(=O)c2cc3c(o2)CCCC3=O)CC1. The van der Waals surface area contributed by atoms with Crippen molar-refractivity contribution in [2.24, 2.45) is 5.92 Å². The summed E-state index contributed by atoms with van der Waals surface area (Å²) in [6.45, 7) is 3.17. The minimum atomic E-state index is -0.200. The van der Waals surface area contributed by atoms with Crippen LogP contribution in [0.3, 0.4) is 0 Å².